The minimum atomic E-state index is -3.69. The lowest BCUT2D eigenvalue weighted by molar-refractivity contribution is 0.414. The molecule has 0 bridgehead atoms. The van der Waals surface area contributed by atoms with Gasteiger partial charge in [0, 0.05) is 0 Å². The van der Waals surface area contributed by atoms with Crippen molar-refractivity contribution in [2.24, 2.45) is 0 Å². The number of benzene rings is 1. The van der Waals surface area contributed by atoms with Crippen molar-refractivity contribution in [2.75, 3.05) is 19.1 Å². The SMILES string of the molecule is COc1ccc(S(=O)(=O)c2c(SC)n[nH]c2N)cc1. The second kappa shape index (κ2) is 5.14. The summed E-state index contributed by atoms with van der Waals surface area (Å²) in [6, 6.07) is 6.12. The predicted molar refractivity (Wildman–Crippen MR) is 73.2 cm³/mol. The third-order valence-corrected chi connectivity index (χ3v) is 5.20. The Balaban J connectivity index is 2.55. The quantitative estimate of drug-likeness (QED) is 0.831. The van der Waals surface area contributed by atoms with Gasteiger partial charge in [-0.25, -0.2) is 8.42 Å². The van der Waals surface area contributed by atoms with E-state index in [9.17, 15) is 8.42 Å². The third kappa shape index (κ3) is 2.41. The Morgan fingerprint density at radius 2 is 1.95 bits per heavy atom. The van der Waals surface area contributed by atoms with Crippen LogP contribution in [0.15, 0.2) is 39.1 Å². The largest absolute Gasteiger partial charge is 0.497 e. The van der Waals surface area contributed by atoms with Crippen LogP contribution in [0.5, 0.6) is 5.75 Å². The van der Waals surface area contributed by atoms with E-state index in [2.05, 4.69) is 10.2 Å². The molecule has 1 heterocycles. The van der Waals surface area contributed by atoms with Crippen LogP contribution in [-0.2, 0) is 9.84 Å². The standard InChI is InChI=1S/C11H13N3O3S2/c1-17-7-3-5-8(6-4-7)19(15,16)9-10(12)13-14-11(9)18-2/h3-6H,1-2H3,(H3,12,13,14). The minimum Gasteiger partial charge on any atom is -0.497 e. The smallest absolute Gasteiger partial charge is 0.212 e. The summed E-state index contributed by atoms with van der Waals surface area (Å²) in [6.45, 7) is 0. The first kappa shape index (κ1) is 13.8. The average molecular weight is 299 g/mol. The fourth-order valence-corrected chi connectivity index (χ4v) is 3.95. The van der Waals surface area contributed by atoms with Crippen LogP contribution in [0, 0.1) is 0 Å². The van der Waals surface area contributed by atoms with Crippen LogP contribution in [-0.4, -0.2) is 32.0 Å². The lowest BCUT2D eigenvalue weighted by atomic mass is 10.3. The Labute approximate surface area is 115 Å². The number of sulfone groups is 1. The molecule has 102 valence electrons. The fraction of sp³-hybridized carbons (Fsp3) is 0.182. The van der Waals surface area contributed by atoms with Crippen LogP contribution in [0.3, 0.4) is 0 Å². The molecule has 0 atom stereocenters. The molecule has 0 fully saturated rings. The first-order valence-corrected chi connectivity index (χ1v) is 7.98. The topological polar surface area (TPSA) is 98.1 Å². The highest BCUT2D eigenvalue weighted by Gasteiger charge is 2.26. The van der Waals surface area contributed by atoms with Crippen LogP contribution < -0.4 is 10.5 Å². The zero-order valence-electron chi connectivity index (χ0n) is 10.4. The maximum atomic E-state index is 12.5. The molecule has 0 amide bonds. The molecule has 8 heteroatoms. The molecule has 0 aliphatic carbocycles. The van der Waals surface area contributed by atoms with Crippen molar-refractivity contribution in [2.45, 2.75) is 14.8 Å². The zero-order chi connectivity index (χ0) is 14.0. The second-order valence-corrected chi connectivity index (χ2v) is 6.34. The molecule has 0 aliphatic heterocycles. The lowest BCUT2D eigenvalue weighted by Crippen LogP contribution is -2.05. The number of methoxy groups -OCH3 is 1. The highest BCUT2D eigenvalue weighted by atomic mass is 32.2. The number of thioether (sulfide) groups is 1. The number of nitrogens with two attached hydrogens (primary N) is 1. The molecule has 0 saturated carbocycles. The van der Waals surface area contributed by atoms with Crippen LogP contribution in [0.1, 0.15) is 0 Å². The molecule has 2 aromatic rings. The molecule has 1 aromatic carbocycles. The number of aromatic amines is 1. The van der Waals surface area contributed by atoms with Gasteiger partial charge < -0.3 is 10.5 Å². The van der Waals surface area contributed by atoms with Crippen molar-refractivity contribution in [3.63, 3.8) is 0 Å². The van der Waals surface area contributed by atoms with Crippen LogP contribution in [0.2, 0.25) is 0 Å². The van der Waals surface area contributed by atoms with Crippen molar-refractivity contribution < 1.29 is 13.2 Å². The van der Waals surface area contributed by atoms with E-state index in [1.165, 1.54) is 31.0 Å². The average Bonchev–Trinajstić information content (AvgIpc) is 2.80. The molecular formula is C11H13N3O3S2. The zero-order valence-corrected chi connectivity index (χ0v) is 12.0. The van der Waals surface area contributed by atoms with Gasteiger partial charge in [-0.3, -0.25) is 5.10 Å². The van der Waals surface area contributed by atoms with Gasteiger partial charge in [-0.1, -0.05) is 0 Å². The van der Waals surface area contributed by atoms with E-state index in [0.717, 1.165) is 0 Å². The molecule has 0 unspecified atom stereocenters. The predicted octanol–water partition coefficient (Wildman–Crippen LogP) is 1.56. The van der Waals surface area contributed by atoms with E-state index in [0.29, 0.717) is 10.8 Å². The Morgan fingerprint density at radius 1 is 1.32 bits per heavy atom. The fourth-order valence-electron chi connectivity index (χ4n) is 1.60. The van der Waals surface area contributed by atoms with Gasteiger partial charge in [-0.05, 0) is 30.5 Å². The van der Waals surface area contributed by atoms with E-state index >= 15 is 0 Å². The molecule has 6 nitrogen and oxygen atoms in total. The van der Waals surface area contributed by atoms with Gasteiger partial charge in [0.25, 0.3) is 0 Å². The number of rotatable bonds is 4. The highest BCUT2D eigenvalue weighted by Crippen LogP contribution is 2.32. The summed E-state index contributed by atoms with van der Waals surface area (Å²) in [5, 5.41) is 6.71. The molecular weight excluding hydrogens is 286 g/mol. The van der Waals surface area contributed by atoms with E-state index < -0.39 is 9.84 Å². The summed E-state index contributed by atoms with van der Waals surface area (Å²) in [4.78, 5) is 0.168. The number of anilines is 1. The number of aromatic nitrogens is 2. The van der Waals surface area contributed by atoms with Crippen LogP contribution in [0.25, 0.3) is 0 Å². The van der Waals surface area contributed by atoms with Gasteiger partial charge in [0.05, 0.1) is 12.0 Å². The van der Waals surface area contributed by atoms with Crippen molar-refractivity contribution in [3.05, 3.63) is 24.3 Å². The van der Waals surface area contributed by atoms with Gasteiger partial charge in [-0.15, -0.1) is 11.8 Å². The Kier molecular flexibility index (Phi) is 3.72. The number of nitrogens with zero attached hydrogens (tertiary/aromatic N) is 1. The summed E-state index contributed by atoms with van der Waals surface area (Å²) >= 11 is 1.22. The summed E-state index contributed by atoms with van der Waals surface area (Å²) in [7, 11) is -2.17. The monoisotopic (exact) mass is 299 g/mol. The van der Waals surface area contributed by atoms with Gasteiger partial charge in [0.1, 0.15) is 21.5 Å². The molecule has 2 rings (SSSR count). The summed E-state index contributed by atoms with van der Waals surface area (Å²) in [5.41, 5.74) is 5.66. The van der Waals surface area contributed by atoms with Crippen molar-refractivity contribution in [1.29, 1.82) is 0 Å². The first-order valence-electron chi connectivity index (χ1n) is 5.27. The molecule has 0 radical (unpaired) electrons. The number of nitrogens with one attached hydrogen (secondary N) is 1. The maximum Gasteiger partial charge on any atom is 0.212 e. The number of hydrogen-bond acceptors (Lipinski definition) is 6. The Hall–Kier alpha value is -1.67. The van der Waals surface area contributed by atoms with Crippen molar-refractivity contribution in [3.8, 4) is 5.75 Å². The number of H-pyrrole nitrogens is 1. The summed E-state index contributed by atoms with van der Waals surface area (Å²) in [5.74, 6) is 0.629. The normalized spacial score (nSPS) is 11.5. The molecule has 0 spiro atoms. The van der Waals surface area contributed by atoms with E-state index in [1.807, 2.05) is 0 Å². The van der Waals surface area contributed by atoms with E-state index in [4.69, 9.17) is 10.5 Å². The van der Waals surface area contributed by atoms with Gasteiger partial charge in [0.2, 0.25) is 9.84 Å². The highest BCUT2D eigenvalue weighted by molar-refractivity contribution is 7.99. The maximum absolute atomic E-state index is 12.5. The number of hydrogen-bond donors (Lipinski definition) is 2. The summed E-state index contributed by atoms with van der Waals surface area (Å²) < 4.78 is 30.0. The van der Waals surface area contributed by atoms with E-state index in [1.54, 1.807) is 18.4 Å². The Morgan fingerprint density at radius 3 is 2.47 bits per heavy atom. The van der Waals surface area contributed by atoms with Crippen LogP contribution >= 0.6 is 11.8 Å². The van der Waals surface area contributed by atoms with Gasteiger partial charge in [-0.2, -0.15) is 5.10 Å². The Bertz CT molecular complexity index is 678. The number of nitrogen functional groups attached to an aromatic ring is 1. The van der Waals surface area contributed by atoms with Crippen molar-refractivity contribution >= 4 is 27.4 Å². The first-order chi connectivity index (χ1) is 9.00. The molecule has 19 heavy (non-hydrogen) atoms. The third-order valence-electron chi connectivity index (χ3n) is 2.55. The van der Waals surface area contributed by atoms with Crippen LogP contribution in [0.4, 0.5) is 5.82 Å². The minimum absolute atomic E-state index is 0.0187. The molecule has 3 N–H and O–H groups in total. The van der Waals surface area contributed by atoms with Gasteiger partial charge >= 0.3 is 0 Å². The number of ether oxygens (including phenoxy) is 1. The lowest BCUT2D eigenvalue weighted by Gasteiger charge is -2.06. The molecule has 0 aliphatic rings. The van der Waals surface area contributed by atoms with Gasteiger partial charge in [0.15, 0.2) is 0 Å². The summed E-state index contributed by atoms with van der Waals surface area (Å²) in [6.07, 6.45) is 1.74. The molecule has 0 saturated heterocycles. The molecule has 1 aromatic heterocycles. The second-order valence-electron chi connectivity index (χ2n) is 3.65. The van der Waals surface area contributed by atoms with Crippen molar-refractivity contribution in [1.82, 2.24) is 10.2 Å². The van der Waals surface area contributed by atoms with E-state index in [-0.39, 0.29) is 15.6 Å².